The summed E-state index contributed by atoms with van der Waals surface area (Å²) in [6.45, 7) is 2.11. The molecule has 24 heavy (non-hydrogen) atoms. The predicted octanol–water partition coefficient (Wildman–Crippen LogP) is 5.31. The molecule has 0 amide bonds. The molecule has 0 aliphatic rings. The van der Waals surface area contributed by atoms with E-state index < -0.39 is 0 Å². The van der Waals surface area contributed by atoms with Gasteiger partial charge in [0.05, 0.1) is 22.1 Å². The van der Waals surface area contributed by atoms with Crippen LogP contribution in [-0.4, -0.2) is 13.4 Å². The average Bonchev–Trinajstić information content (AvgIpc) is 3.13. The largest absolute Gasteiger partial charge is 0.276 e. The molecular formula is C20H15N3S. The van der Waals surface area contributed by atoms with Gasteiger partial charge in [-0.1, -0.05) is 42.0 Å². The summed E-state index contributed by atoms with van der Waals surface area (Å²) in [7, 11) is 0. The minimum absolute atomic E-state index is 0.961. The molecule has 4 heteroatoms. The summed E-state index contributed by atoms with van der Waals surface area (Å²) in [5.74, 6) is 0.961. The summed E-state index contributed by atoms with van der Waals surface area (Å²) in [6, 6.07) is 25.4. The molecule has 0 fully saturated rings. The van der Waals surface area contributed by atoms with E-state index in [1.165, 1.54) is 21.5 Å². The number of aryl methyl sites for hydroxylation is 1. The maximum absolute atomic E-state index is 4.87. The van der Waals surface area contributed by atoms with Crippen molar-refractivity contribution in [2.24, 2.45) is 0 Å². The molecule has 0 spiro atoms. The van der Waals surface area contributed by atoms with E-state index in [4.69, 9.17) is 4.98 Å². The van der Waals surface area contributed by atoms with Crippen molar-refractivity contribution in [3.05, 3.63) is 78.4 Å². The van der Waals surface area contributed by atoms with Crippen molar-refractivity contribution in [2.45, 2.75) is 11.8 Å². The van der Waals surface area contributed by atoms with Crippen LogP contribution >= 0.6 is 11.9 Å². The van der Waals surface area contributed by atoms with Crippen LogP contribution in [0.3, 0.4) is 0 Å². The van der Waals surface area contributed by atoms with Gasteiger partial charge in [0.2, 0.25) is 5.78 Å². The molecule has 116 valence electrons. The third-order valence-electron chi connectivity index (χ3n) is 4.28. The first-order chi connectivity index (χ1) is 11.8. The second-order valence-electron chi connectivity index (χ2n) is 5.92. The van der Waals surface area contributed by atoms with Crippen LogP contribution in [0.2, 0.25) is 0 Å². The van der Waals surface area contributed by atoms with E-state index >= 15 is 0 Å². The molecule has 0 atom stereocenters. The highest BCUT2D eigenvalue weighted by molar-refractivity contribution is 7.98. The number of hydrogen-bond donors (Lipinski definition) is 0. The van der Waals surface area contributed by atoms with E-state index in [9.17, 15) is 0 Å². The first-order valence-corrected chi connectivity index (χ1v) is 8.70. The first-order valence-electron chi connectivity index (χ1n) is 7.93. The molecule has 3 nitrogen and oxygen atoms in total. The van der Waals surface area contributed by atoms with Gasteiger partial charge in [0.25, 0.3) is 0 Å². The van der Waals surface area contributed by atoms with Gasteiger partial charge < -0.3 is 0 Å². The number of imidazole rings is 2. The van der Waals surface area contributed by atoms with Crippen molar-refractivity contribution in [3.8, 4) is 0 Å². The second kappa shape index (κ2) is 5.14. The van der Waals surface area contributed by atoms with Crippen LogP contribution in [0.15, 0.2) is 77.7 Å². The van der Waals surface area contributed by atoms with E-state index in [1.54, 1.807) is 11.9 Å². The van der Waals surface area contributed by atoms with E-state index in [0.29, 0.717) is 0 Å². The molecule has 0 aliphatic heterocycles. The Balaban J connectivity index is 1.83. The fourth-order valence-electron chi connectivity index (χ4n) is 3.11. The molecule has 0 bridgehead atoms. The van der Waals surface area contributed by atoms with Crippen LogP contribution < -0.4 is 0 Å². The molecule has 0 aliphatic carbocycles. The van der Waals surface area contributed by atoms with Gasteiger partial charge in [-0.15, -0.1) is 0 Å². The summed E-state index contributed by atoms with van der Waals surface area (Å²) in [4.78, 5) is 6.08. The maximum Gasteiger partial charge on any atom is 0.226 e. The fourth-order valence-corrected chi connectivity index (χ4v) is 4.04. The molecular weight excluding hydrogens is 314 g/mol. The third-order valence-corrected chi connectivity index (χ3v) is 5.31. The van der Waals surface area contributed by atoms with Crippen LogP contribution in [0.4, 0.5) is 0 Å². The quantitative estimate of drug-likeness (QED) is 0.438. The lowest BCUT2D eigenvalue weighted by molar-refractivity contribution is 1.23. The van der Waals surface area contributed by atoms with Crippen molar-refractivity contribution in [1.29, 1.82) is 0 Å². The molecule has 0 radical (unpaired) electrons. The smallest absolute Gasteiger partial charge is 0.226 e. The minimum Gasteiger partial charge on any atom is -0.276 e. The highest BCUT2D eigenvalue weighted by Crippen LogP contribution is 2.32. The molecule has 2 aromatic heterocycles. The van der Waals surface area contributed by atoms with Crippen molar-refractivity contribution >= 4 is 39.8 Å². The monoisotopic (exact) mass is 329 g/mol. The van der Waals surface area contributed by atoms with Gasteiger partial charge in [0.15, 0.2) is 0 Å². The highest BCUT2D eigenvalue weighted by atomic mass is 32.2. The van der Waals surface area contributed by atoms with E-state index in [-0.39, 0.29) is 0 Å². The van der Waals surface area contributed by atoms with Crippen LogP contribution in [0, 0.1) is 6.92 Å². The average molecular weight is 329 g/mol. The van der Waals surface area contributed by atoms with Gasteiger partial charge in [0, 0.05) is 4.90 Å². The van der Waals surface area contributed by atoms with Crippen LogP contribution in [0.5, 0.6) is 0 Å². The fraction of sp³-hybridized carbons (Fsp3) is 0.0500. The van der Waals surface area contributed by atoms with E-state index in [1.807, 2.05) is 6.07 Å². The van der Waals surface area contributed by atoms with Crippen molar-refractivity contribution in [2.75, 3.05) is 0 Å². The van der Waals surface area contributed by atoms with Crippen molar-refractivity contribution in [1.82, 2.24) is 13.4 Å². The summed E-state index contributed by atoms with van der Waals surface area (Å²) >= 11 is 1.71. The predicted molar refractivity (Wildman–Crippen MR) is 101 cm³/mol. The third kappa shape index (κ3) is 1.96. The number of benzene rings is 3. The number of aromatic nitrogens is 3. The number of hydrogen-bond acceptors (Lipinski definition) is 2. The van der Waals surface area contributed by atoms with Crippen LogP contribution in [0.25, 0.3) is 27.8 Å². The maximum atomic E-state index is 4.87. The van der Waals surface area contributed by atoms with E-state index in [0.717, 1.165) is 16.8 Å². The van der Waals surface area contributed by atoms with Gasteiger partial charge in [0.1, 0.15) is 0 Å². The molecule has 0 unspecified atom stereocenters. The van der Waals surface area contributed by atoms with Gasteiger partial charge in [-0.25, -0.2) is 8.96 Å². The normalized spacial score (nSPS) is 11.7. The number of para-hydroxylation sites is 4. The lowest BCUT2D eigenvalue weighted by Crippen LogP contribution is -1.88. The van der Waals surface area contributed by atoms with Gasteiger partial charge in [-0.2, -0.15) is 0 Å². The van der Waals surface area contributed by atoms with E-state index in [2.05, 4.69) is 82.0 Å². The Bertz CT molecular complexity index is 1180. The molecule has 3 aromatic carbocycles. The topological polar surface area (TPSA) is 22.2 Å². The zero-order valence-corrected chi connectivity index (χ0v) is 14.0. The number of nitrogens with zero attached hydrogens (tertiary/aromatic N) is 3. The van der Waals surface area contributed by atoms with Crippen molar-refractivity contribution in [3.63, 3.8) is 0 Å². The molecule has 5 rings (SSSR count). The zero-order chi connectivity index (χ0) is 16.1. The number of rotatable bonds is 2. The summed E-state index contributed by atoms with van der Waals surface area (Å²) in [6.07, 6.45) is 0. The minimum atomic E-state index is 0.961. The lowest BCUT2D eigenvalue weighted by atomic mass is 10.2. The first kappa shape index (κ1) is 13.7. The summed E-state index contributed by atoms with van der Waals surface area (Å²) < 4.78 is 4.46. The van der Waals surface area contributed by atoms with Crippen molar-refractivity contribution < 1.29 is 0 Å². The zero-order valence-electron chi connectivity index (χ0n) is 13.2. The van der Waals surface area contributed by atoms with Gasteiger partial charge in [-0.3, -0.25) is 4.40 Å². The Morgan fingerprint density at radius 1 is 0.750 bits per heavy atom. The highest BCUT2D eigenvalue weighted by Gasteiger charge is 2.16. The Morgan fingerprint density at radius 3 is 2.21 bits per heavy atom. The Morgan fingerprint density at radius 2 is 1.42 bits per heavy atom. The number of fused-ring (bicyclic) bond motifs is 5. The Labute approximate surface area is 143 Å². The standard InChI is InChI=1S/C20H15N3S/c1-14-10-12-15(13-11-14)24-23-19-9-5-4-8-18(19)22-17-7-3-2-6-16(17)21-20(22)23/h2-13H,1H3. The molecule has 0 saturated heterocycles. The van der Waals surface area contributed by atoms with Crippen LogP contribution in [-0.2, 0) is 0 Å². The summed E-state index contributed by atoms with van der Waals surface area (Å²) in [5.41, 5.74) is 5.80. The molecule has 2 heterocycles. The van der Waals surface area contributed by atoms with Crippen LogP contribution in [0.1, 0.15) is 5.56 Å². The molecule has 0 saturated carbocycles. The molecule has 0 N–H and O–H groups in total. The van der Waals surface area contributed by atoms with Gasteiger partial charge in [-0.05, 0) is 55.3 Å². The Kier molecular flexibility index (Phi) is 2.94. The van der Waals surface area contributed by atoms with Gasteiger partial charge >= 0.3 is 0 Å². The summed E-state index contributed by atoms with van der Waals surface area (Å²) in [5, 5.41) is 0. The molecule has 5 aromatic rings. The Hall–Kier alpha value is -2.72. The second-order valence-corrected chi connectivity index (χ2v) is 6.94. The SMILES string of the molecule is Cc1ccc(Sn2c3ccccc3n3c4ccccc4nc23)cc1. The lowest BCUT2D eigenvalue weighted by Gasteiger charge is -2.04.